The Bertz CT molecular complexity index is 1480. The summed E-state index contributed by atoms with van der Waals surface area (Å²) >= 11 is 0. The van der Waals surface area contributed by atoms with Gasteiger partial charge in [0.05, 0.1) is 37.6 Å². The van der Waals surface area contributed by atoms with Crippen molar-refractivity contribution in [2.75, 3.05) is 33.3 Å². The number of nitrogens with zero attached hydrogens (tertiary/aromatic N) is 8. The lowest BCUT2D eigenvalue weighted by molar-refractivity contribution is -0.0562. The SMILES string of the molecule is COc1cc(-c2cnn(C3CCN(C(=O)N4C5CC4CN(C(=O)OC(C)(C)C)C5)CC3)c2)cn2ncc(C#N)c12. The summed E-state index contributed by atoms with van der Waals surface area (Å²) in [4.78, 5) is 31.5. The minimum absolute atomic E-state index is 0.0542. The second kappa shape index (κ2) is 9.73. The molecular formula is C28H34N8O4. The van der Waals surface area contributed by atoms with Crippen LogP contribution in [-0.4, -0.2) is 97.2 Å². The molecule has 12 nitrogen and oxygen atoms in total. The van der Waals surface area contributed by atoms with Crippen molar-refractivity contribution in [3.63, 3.8) is 0 Å². The number of methoxy groups -OCH3 is 1. The Morgan fingerprint density at radius 1 is 1.00 bits per heavy atom. The Morgan fingerprint density at radius 2 is 1.73 bits per heavy atom. The number of pyridine rings is 1. The van der Waals surface area contributed by atoms with Crippen LogP contribution in [-0.2, 0) is 4.74 Å². The first kappa shape index (κ1) is 26.0. The molecule has 0 aromatic carbocycles. The number of urea groups is 1. The van der Waals surface area contributed by atoms with E-state index in [0.29, 0.717) is 43.0 Å². The number of hydrogen-bond donors (Lipinski definition) is 0. The van der Waals surface area contributed by atoms with Gasteiger partial charge in [-0.1, -0.05) is 0 Å². The predicted molar refractivity (Wildman–Crippen MR) is 145 cm³/mol. The van der Waals surface area contributed by atoms with Crippen LogP contribution in [0.2, 0.25) is 0 Å². The summed E-state index contributed by atoms with van der Waals surface area (Å²) in [6, 6.07) is 4.42. The van der Waals surface area contributed by atoms with Crippen molar-refractivity contribution in [2.24, 2.45) is 0 Å². The summed E-state index contributed by atoms with van der Waals surface area (Å²) in [6.07, 6.45) is 9.50. The first-order valence-electron chi connectivity index (χ1n) is 13.7. The molecule has 3 saturated heterocycles. The van der Waals surface area contributed by atoms with Gasteiger partial charge in [0.15, 0.2) is 0 Å². The highest BCUT2D eigenvalue weighted by Gasteiger charge is 2.50. The number of likely N-dealkylation sites (tertiary alicyclic amines) is 3. The number of piperidine rings is 2. The third-order valence-electron chi connectivity index (χ3n) is 8.03. The fraction of sp³-hybridized carbons (Fsp3) is 0.536. The zero-order valence-corrected chi connectivity index (χ0v) is 23.3. The van der Waals surface area contributed by atoms with Crippen molar-refractivity contribution in [3.8, 4) is 22.9 Å². The number of hydrogen-bond acceptors (Lipinski definition) is 7. The van der Waals surface area contributed by atoms with E-state index in [2.05, 4.69) is 16.3 Å². The maximum Gasteiger partial charge on any atom is 0.410 e. The molecule has 3 aliphatic heterocycles. The van der Waals surface area contributed by atoms with E-state index in [-0.39, 0.29) is 30.2 Å². The summed E-state index contributed by atoms with van der Waals surface area (Å²) in [7, 11) is 1.58. The molecule has 0 spiro atoms. The van der Waals surface area contributed by atoms with Crippen molar-refractivity contribution < 1.29 is 19.1 Å². The summed E-state index contributed by atoms with van der Waals surface area (Å²) in [6.45, 7) is 7.96. The second-order valence-corrected chi connectivity index (χ2v) is 11.8. The van der Waals surface area contributed by atoms with Crippen LogP contribution in [0, 0.1) is 11.3 Å². The van der Waals surface area contributed by atoms with Crippen molar-refractivity contribution >= 4 is 17.6 Å². The normalized spacial score (nSPS) is 21.2. The maximum atomic E-state index is 13.4. The number of carbonyl (C=O) groups is 2. The van der Waals surface area contributed by atoms with Crippen LogP contribution in [0.15, 0.2) is 30.9 Å². The van der Waals surface area contributed by atoms with E-state index in [9.17, 15) is 14.9 Å². The van der Waals surface area contributed by atoms with Gasteiger partial charge in [0.2, 0.25) is 0 Å². The Balaban J connectivity index is 1.07. The third-order valence-corrected chi connectivity index (χ3v) is 8.03. The molecule has 6 heterocycles. The lowest BCUT2D eigenvalue weighted by Crippen LogP contribution is -2.72. The predicted octanol–water partition coefficient (Wildman–Crippen LogP) is 3.53. The quantitative estimate of drug-likeness (QED) is 0.493. The van der Waals surface area contributed by atoms with Crippen molar-refractivity contribution in [1.82, 2.24) is 34.1 Å². The van der Waals surface area contributed by atoms with Crippen LogP contribution < -0.4 is 4.74 Å². The fourth-order valence-corrected chi connectivity index (χ4v) is 6.05. The summed E-state index contributed by atoms with van der Waals surface area (Å²) in [5.41, 5.74) is 2.39. The summed E-state index contributed by atoms with van der Waals surface area (Å²) in [5, 5.41) is 18.3. The van der Waals surface area contributed by atoms with Crippen LogP contribution in [0.5, 0.6) is 5.75 Å². The fourth-order valence-electron chi connectivity index (χ4n) is 6.05. The van der Waals surface area contributed by atoms with Gasteiger partial charge in [-0.3, -0.25) is 4.68 Å². The first-order valence-corrected chi connectivity index (χ1v) is 13.7. The number of ether oxygens (including phenoxy) is 2. The van der Waals surface area contributed by atoms with Gasteiger partial charge < -0.3 is 24.2 Å². The van der Waals surface area contributed by atoms with Gasteiger partial charge >= 0.3 is 12.1 Å². The molecular weight excluding hydrogens is 512 g/mol. The van der Waals surface area contributed by atoms with Gasteiger partial charge in [-0.15, -0.1) is 0 Å². The minimum Gasteiger partial charge on any atom is -0.494 e. The molecule has 40 heavy (non-hydrogen) atoms. The average molecular weight is 547 g/mol. The number of piperazine rings is 1. The minimum atomic E-state index is -0.532. The van der Waals surface area contributed by atoms with E-state index in [1.54, 1.807) is 16.5 Å². The lowest BCUT2D eigenvalue weighted by Gasteiger charge is -2.57. The Hall–Kier alpha value is -4.27. The lowest BCUT2D eigenvalue weighted by atomic mass is 9.88. The molecule has 210 valence electrons. The number of nitriles is 1. The monoisotopic (exact) mass is 546 g/mol. The standard InChI is InChI=1S/C28H34N8O4/c1-28(2,3)40-27(38)33-16-22-10-23(17-33)36(22)26(37)32-7-5-21(6-8-32)34-15-20(13-30-34)18-9-24(39-4)25-19(11-29)12-31-35(25)14-18/h9,12-15,21-23H,5-8,10,16-17H2,1-4H3. The molecule has 3 aromatic rings. The molecule has 2 atom stereocenters. The number of fused-ring (bicyclic) bond motifs is 3. The van der Waals surface area contributed by atoms with Gasteiger partial charge in [-0.25, -0.2) is 14.1 Å². The molecule has 3 aromatic heterocycles. The highest BCUT2D eigenvalue weighted by atomic mass is 16.6. The Labute approximate surface area is 232 Å². The Morgan fingerprint density at radius 3 is 2.38 bits per heavy atom. The van der Waals surface area contributed by atoms with Crippen molar-refractivity contribution in [3.05, 3.63) is 36.4 Å². The van der Waals surface area contributed by atoms with Gasteiger partial charge in [0, 0.05) is 49.7 Å². The molecule has 6 rings (SSSR count). The van der Waals surface area contributed by atoms with E-state index >= 15 is 0 Å². The van der Waals surface area contributed by atoms with Crippen LogP contribution in [0.3, 0.4) is 0 Å². The number of carbonyl (C=O) groups excluding carboxylic acids is 2. The van der Waals surface area contributed by atoms with Crippen molar-refractivity contribution in [2.45, 2.75) is 63.8 Å². The van der Waals surface area contributed by atoms with Crippen LogP contribution in [0.4, 0.5) is 9.59 Å². The molecule has 0 saturated carbocycles. The van der Waals surface area contributed by atoms with Gasteiger partial charge in [-0.05, 0) is 46.1 Å². The topological polar surface area (TPSA) is 121 Å². The molecule has 3 amide bonds. The Kier molecular flexibility index (Phi) is 6.32. The zero-order chi connectivity index (χ0) is 28.2. The van der Waals surface area contributed by atoms with Crippen LogP contribution in [0.1, 0.15) is 51.6 Å². The van der Waals surface area contributed by atoms with Gasteiger partial charge in [-0.2, -0.15) is 15.5 Å². The van der Waals surface area contributed by atoms with E-state index in [4.69, 9.17) is 9.47 Å². The first-order chi connectivity index (χ1) is 19.1. The molecule has 0 aliphatic carbocycles. The highest BCUT2D eigenvalue weighted by Crippen LogP contribution is 2.36. The molecule has 2 unspecified atom stereocenters. The largest absolute Gasteiger partial charge is 0.494 e. The van der Waals surface area contributed by atoms with Gasteiger partial charge in [0.25, 0.3) is 0 Å². The molecule has 3 fully saturated rings. The number of rotatable bonds is 3. The molecule has 12 heteroatoms. The van der Waals surface area contributed by atoms with Crippen LogP contribution in [0.25, 0.3) is 16.6 Å². The number of aromatic nitrogens is 4. The average Bonchev–Trinajstić information content (AvgIpc) is 3.59. The molecule has 3 aliphatic rings. The van der Waals surface area contributed by atoms with E-state index in [0.717, 1.165) is 30.4 Å². The van der Waals surface area contributed by atoms with E-state index in [1.807, 2.05) is 59.9 Å². The molecule has 0 radical (unpaired) electrons. The summed E-state index contributed by atoms with van der Waals surface area (Å²) < 4.78 is 14.7. The number of amides is 3. The molecule has 2 bridgehead atoms. The zero-order valence-electron chi connectivity index (χ0n) is 23.3. The third kappa shape index (κ3) is 4.59. The maximum absolute atomic E-state index is 13.4. The van der Waals surface area contributed by atoms with Crippen LogP contribution >= 0.6 is 0 Å². The summed E-state index contributed by atoms with van der Waals surface area (Å²) in [5.74, 6) is 0.580. The van der Waals surface area contributed by atoms with Gasteiger partial charge in [0.1, 0.15) is 28.5 Å². The van der Waals surface area contributed by atoms with E-state index in [1.165, 1.54) is 6.20 Å². The molecule has 0 N–H and O–H groups in total. The smallest absolute Gasteiger partial charge is 0.410 e. The van der Waals surface area contributed by atoms with E-state index < -0.39 is 5.60 Å². The highest BCUT2D eigenvalue weighted by molar-refractivity contribution is 5.78. The second-order valence-electron chi connectivity index (χ2n) is 11.8. The van der Waals surface area contributed by atoms with Crippen molar-refractivity contribution in [1.29, 1.82) is 5.26 Å².